The number of ether oxygens (including phenoxy) is 1. The number of benzene rings is 1. The first-order chi connectivity index (χ1) is 12.2. The minimum atomic E-state index is 0.525. The topological polar surface area (TPSA) is 75.8 Å². The highest BCUT2D eigenvalue weighted by molar-refractivity contribution is 9.10. The van der Waals surface area contributed by atoms with E-state index in [2.05, 4.69) is 41.8 Å². The number of hydrogen-bond donors (Lipinski definition) is 2. The number of methoxy groups -OCH3 is 1. The summed E-state index contributed by atoms with van der Waals surface area (Å²) in [5.74, 6) is 2.33. The Morgan fingerprint density at radius 2 is 2.04 bits per heavy atom. The maximum absolute atomic E-state index is 5.24. The van der Waals surface area contributed by atoms with Gasteiger partial charge in [0, 0.05) is 19.8 Å². The molecule has 1 aromatic carbocycles. The molecule has 0 spiro atoms. The Morgan fingerprint density at radius 3 is 2.80 bits per heavy atom. The second-order valence-corrected chi connectivity index (χ2v) is 6.15. The van der Waals surface area contributed by atoms with Crippen LogP contribution >= 0.6 is 15.9 Å². The van der Waals surface area contributed by atoms with Gasteiger partial charge < -0.3 is 15.4 Å². The van der Waals surface area contributed by atoms with E-state index in [0.717, 1.165) is 27.3 Å². The number of nitrogens with zero attached hydrogens (tertiary/aromatic N) is 4. The van der Waals surface area contributed by atoms with E-state index in [1.54, 1.807) is 14.2 Å². The number of pyridine rings is 1. The monoisotopic (exact) mass is 402 g/mol. The van der Waals surface area contributed by atoms with Crippen LogP contribution in [0.2, 0.25) is 0 Å². The van der Waals surface area contributed by atoms with Gasteiger partial charge in [-0.15, -0.1) is 10.2 Å². The van der Waals surface area contributed by atoms with Crippen LogP contribution in [0.25, 0.3) is 5.65 Å². The Morgan fingerprint density at radius 1 is 1.20 bits per heavy atom. The Hall–Kier alpha value is -2.61. The maximum atomic E-state index is 5.24. The molecule has 0 atom stereocenters. The molecule has 7 nitrogen and oxygen atoms in total. The molecule has 2 heterocycles. The average molecular weight is 403 g/mol. The van der Waals surface area contributed by atoms with E-state index < -0.39 is 0 Å². The first-order valence-electron chi connectivity index (χ1n) is 7.77. The summed E-state index contributed by atoms with van der Waals surface area (Å²) in [6.07, 6.45) is 1.94. The third-order valence-electron chi connectivity index (χ3n) is 3.70. The summed E-state index contributed by atoms with van der Waals surface area (Å²) in [5.41, 5.74) is 1.94. The van der Waals surface area contributed by atoms with Gasteiger partial charge in [0.25, 0.3) is 0 Å². The summed E-state index contributed by atoms with van der Waals surface area (Å²) >= 11 is 3.49. The van der Waals surface area contributed by atoms with Crippen molar-refractivity contribution >= 4 is 27.5 Å². The average Bonchev–Trinajstić information content (AvgIpc) is 3.05. The zero-order valence-electron chi connectivity index (χ0n) is 14.0. The molecular formula is C17H19BrN6O. The molecule has 0 radical (unpaired) electrons. The second-order valence-electron chi connectivity index (χ2n) is 5.29. The van der Waals surface area contributed by atoms with Crippen LogP contribution in [-0.2, 0) is 13.1 Å². The predicted molar refractivity (Wildman–Crippen MR) is 101 cm³/mol. The number of fused-ring (bicyclic) bond motifs is 1. The first kappa shape index (κ1) is 17.2. The summed E-state index contributed by atoms with van der Waals surface area (Å²) in [5, 5.41) is 14.9. The number of nitrogens with one attached hydrogen (secondary N) is 2. The molecule has 0 aliphatic carbocycles. The number of aliphatic imine (C=N–C) groups is 1. The predicted octanol–water partition coefficient (Wildman–Crippen LogP) is 2.37. The molecule has 8 heteroatoms. The van der Waals surface area contributed by atoms with Gasteiger partial charge in [-0.05, 0) is 45.8 Å². The van der Waals surface area contributed by atoms with Gasteiger partial charge in [-0.2, -0.15) is 0 Å². The van der Waals surface area contributed by atoms with E-state index in [0.29, 0.717) is 19.0 Å². The Bertz CT molecular complexity index is 892. The lowest BCUT2D eigenvalue weighted by Gasteiger charge is -2.12. The number of guanidine groups is 1. The lowest BCUT2D eigenvalue weighted by molar-refractivity contribution is 0.412. The largest absolute Gasteiger partial charge is 0.496 e. The van der Waals surface area contributed by atoms with Gasteiger partial charge >= 0.3 is 0 Å². The van der Waals surface area contributed by atoms with Crippen molar-refractivity contribution in [3.63, 3.8) is 0 Å². The van der Waals surface area contributed by atoms with Crippen LogP contribution in [0.1, 0.15) is 11.4 Å². The first-order valence-corrected chi connectivity index (χ1v) is 8.56. The smallest absolute Gasteiger partial charge is 0.191 e. The lowest BCUT2D eigenvalue weighted by atomic mass is 10.2. The maximum Gasteiger partial charge on any atom is 0.191 e. The number of hydrogen-bond acceptors (Lipinski definition) is 4. The van der Waals surface area contributed by atoms with E-state index in [4.69, 9.17) is 4.74 Å². The van der Waals surface area contributed by atoms with Crippen molar-refractivity contribution in [3.8, 4) is 5.75 Å². The van der Waals surface area contributed by atoms with Crippen LogP contribution in [-0.4, -0.2) is 34.7 Å². The van der Waals surface area contributed by atoms with Gasteiger partial charge in [0.15, 0.2) is 17.4 Å². The highest BCUT2D eigenvalue weighted by Gasteiger charge is 2.06. The van der Waals surface area contributed by atoms with Crippen molar-refractivity contribution in [2.45, 2.75) is 13.1 Å². The fourth-order valence-corrected chi connectivity index (χ4v) is 2.99. The molecule has 2 N–H and O–H groups in total. The molecule has 2 aromatic heterocycles. The highest BCUT2D eigenvalue weighted by Crippen LogP contribution is 2.25. The van der Waals surface area contributed by atoms with Crippen LogP contribution in [0.4, 0.5) is 0 Å². The van der Waals surface area contributed by atoms with Crippen molar-refractivity contribution in [1.82, 2.24) is 25.2 Å². The summed E-state index contributed by atoms with van der Waals surface area (Å²) in [6.45, 7) is 1.17. The third-order valence-corrected chi connectivity index (χ3v) is 4.32. The fraction of sp³-hybridized carbons (Fsp3) is 0.235. The zero-order valence-corrected chi connectivity index (χ0v) is 15.6. The minimum Gasteiger partial charge on any atom is -0.496 e. The standard InChI is InChI=1S/C17H19BrN6O/c1-19-17(20-10-12-6-7-14(25-2)13(18)9-12)21-11-16-23-22-15-5-3-4-8-24(15)16/h3-9H,10-11H2,1-2H3,(H2,19,20,21). The van der Waals surface area contributed by atoms with Crippen LogP contribution in [0.15, 0.2) is 52.1 Å². The SMILES string of the molecule is CN=C(NCc1ccc(OC)c(Br)c1)NCc1nnc2ccccn12. The van der Waals surface area contributed by atoms with Crippen LogP contribution in [0.3, 0.4) is 0 Å². The quantitative estimate of drug-likeness (QED) is 0.506. The lowest BCUT2D eigenvalue weighted by Crippen LogP contribution is -2.36. The molecule has 0 bridgehead atoms. The summed E-state index contributed by atoms with van der Waals surface area (Å²) in [6, 6.07) is 11.8. The number of aromatic nitrogens is 3. The molecule has 3 rings (SSSR count). The zero-order chi connectivity index (χ0) is 17.6. The van der Waals surface area contributed by atoms with Crippen molar-refractivity contribution in [2.24, 2.45) is 4.99 Å². The van der Waals surface area contributed by atoms with Gasteiger partial charge in [-0.1, -0.05) is 12.1 Å². The summed E-state index contributed by atoms with van der Waals surface area (Å²) in [4.78, 5) is 4.24. The molecule has 0 saturated carbocycles. The van der Waals surface area contributed by atoms with Gasteiger partial charge in [0.05, 0.1) is 18.1 Å². The van der Waals surface area contributed by atoms with E-state index in [1.807, 2.05) is 47.0 Å². The number of halogens is 1. The Kier molecular flexibility index (Phi) is 5.49. The Balaban J connectivity index is 1.59. The van der Waals surface area contributed by atoms with Crippen molar-refractivity contribution in [3.05, 3.63) is 58.5 Å². The van der Waals surface area contributed by atoms with Gasteiger partial charge in [-0.25, -0.2) is 0 Å². The van der Waals surface area contributed by atoms with E-state index in [-0.39, 0.29) is 0 Å². The third kappa shape index (κ3) is 4.08. The van der Waals surface area contributed by atoms with Crippen LogP contribution < -0.4 is 15.4 Å². The van der Waals surface area contributed by atoms with Crippen molar-refractivity contribution in [1.29, 1.82) is 0 Å². The van der Waals surface area contributed by atoms with Crippen LogP contribution in [0, 0.1) is 0 Å². The molecule has 3 aromatic rings. The molecule has 0 aliphatic rings. The van der Waals surface area contributed by atoms with Crippen molar-refractivity contribution in [2.75, 3.05) is 14.2 Å². The molecular weight excluding hydrogens is 384 g/mol. The molecule has 0 saturated heterocycles. The summed E-state index contributed by atoms with van der Waals surface area (Å²) < 4.78 is 8.11. The Labute approximate surface area is 154 Å². The van der Waals surface area contributed by atoms with E-state index in [9.17, 15) is 0 Å². The molecule has 0 fully saturated rings. The van der Waals surface area contributed by atoms with E-state index >= 15 is 0 Å². The molecule has 0 unspecified atom stereocenters. The highest BCUT2D eigenvalue weighted by atomic mass is 79.9. The molecule has 0 amide bonds. The van der Waals surface area contributed by atoms with Gasteiger partial charge in [-0.3, -0.25) is 9.39 Å². The molecule has 25 heavy (non-hydrogen) atoms. The van der Waals surface area contributed by atoms with Crippen molar-refractivity contribution < 1.29 is 4.74 Å². The second kappa shape index (κ2) is 7.98. The van der Waals surface area contributed by atoms with E-state index in [1.165, 1.54) is 0 Å². The van der Waals surface area contributed by atoms with Crippen LogP contribution in [0.5, 0.6) is 5.75 Å². The summed E-state index contributed by atoms with van der Waals surface area (Å²) in [7, 11) is 3.39. The minimum absolute atomic E-state index is 0.525. The number of rotatable bonds is 5. The molecule has 0 aliphatic heterocycles. The molecule has 130 valence electrons. The van der Waals surface area contributed by atoms with Gasteiger partial charge in [0.1, 0.15) is 5.75 Å². The van der Waals surface area contributed by atoms with Gasteiger partial charge in [0.2, 0.25) is 0 Å². The fourth-order valence-electron chi connectivity index (χ4n) is 2.40. The normalized spacial score (nSPS) is 11.6.